The lowest BCUT2D eigenvalue weighted by atomic mass is 10.1. The number of thiocarbonyl (C=S) groups is 1. The van der Waals surface area contributed by atoms with E-state index in [4.69, 9.17) is 12.2 Å². The fraction of sp³-hybridized carbons (Fsp3) is 0.368. The molecule has 5 heteroatoms. The maximum Gasteiger partial charge on any atom is 0.170 e. The van der Waals surface area contributed by atoms with Crippen molar-refractivity contribution >= 4 is 28.8 Å². The summed E-state index contributed by atoms with van der Waals surface area (Å²) in [7, 11) is 0. The minimum absolute atomic E-state index is 0.652. The predicted octanol–water partition coefficient (Wildman–Crippen LogP) is 3.60. The Hall–Kier alpha value is -2.14. The lowest BCUT2D eigenvalue weighted by Crippen LogP contribution is -2.29. The van der Waals surface area contributed by atoms with Crippen molar-refractivity contribution in [2.24, 2.45) is 0 Å². The molecule has 2 aromatic rings. The highest BCUT2D eigenvalue weighted by Crippen LogP contribution is 2.18. The summed E-state index contributed by atoms with van der Waals surface area (Å²) < 4.78 is 0. The molecule has 0 saturated carbocycles. The number of rotatable bonds is 6. The Labute approximate surface area is 149 Å². The molecule has 1 aliphatic heterocycles. The van der Waals surface area contributed by atoms with Gasteiger partial charge in [-0.1, -0.05) is 30.3 Å². The van der Waals surface area contributed by atoms with Crippen LogP contribution in [0.2, 0.25) is 0 Å². The molecule has 2 N–H and O–H groups in total. The number of aromatic nitrogens is 1. The molecular weight excluding hydrogens is 316 g/mol. The second-order valence-electron chi connectivity index (χ2n) is 6.07. The molecule has 0 atom stereocenters. The van der Waals surface area contributed by atoms with Gasteiger partial charge in [-0.2, -0.15) is 0 Å². The quantitative estimate of drug-likeness (QED) is 0.621. The maximum absolute atomic E-state index is 5.35. The molecule has 24 heavy (non-hydrogen) atoms. The molecule has 0 unspecified atom stereocenters. The van der Waals surface area contributed by atoms with E-state index >= 15 is 0 Å². The molecule has 0 aliphatic carbocycles. The van der Waals surface area contributed by atoms with Crippen LogP contribution in [0.15, 0.2) is 48.7 Å². The summed E-state index contributed by atoms with van der Waals surface area (Å²) in [6.07, 6.45) is 6.49. The van der Waals surface area contributed by atoms with Crippen molar-refractivity contribution in [1.82, 2.24) is 10.3 Å². The van der Waals surface area contributed by atoms with Crippen LogP contribution in [0.5, 0.6) is 0 Å². The van der Waals surface area contributed by atoms with Crippen LogP contribution in [0.25, 0.3) is 0 Å². The monoisotopic (exact) mass is 340 g/mol. The van der Waals surface area contributed by atoms with E-state index in [1.54, 1.807) is 0 Å². The summed E-state index contributed by atoms with van der Waals surface area (Å²) in [6.45, 7) is 3.09. The third-order valence-electron chi connectivity index (χ3n) is 4.21. The van der Waals surface area contributed by atoms with Gasteiger partial charge in [0.05, 0.1) is 11.9 Å². The van der Waals surface area contributed by atoms with E-state index in [-0.39, 0.29) is 0 Å². The minimum Gasteiger partial charge on any atom is -0.362 e. The first kappa shape index (κ1) is 16.7. The van der Waals surface area contributed by atoms with Gasteiger partial charge in [-0.3, -0.25) is 0 Å². The van der Waals surface area contributed by atoms with Crippen LogP contribution in [0.4, 0.5) is 11.5 Å². The number of nitrogens with one attached hydrogen (secondary N) is 2. The number of pyridine rings is 1. The van der Waals surface area contributed by atoms with Gasteiger partial charge in [0.25, 0.3) is 0 Å². The first-order valence-corrected chi connectivity index (χ1v) is 9.02. The van der Waals surface area contributed by atoms with Gasteiger partial charge in [0.15, 0.2) is 5.11 Å². The second-order valence-corrected chi connectivity index (χ2v) is 6.48. The number of benzene rings is 1. The first-order valence-electron chi connectivity index (χ1n) is 8.61. The molecule has 1 fully saturated rings. The summed E-state index contributed by atoms with van der Waals surface area (Å²) in [5.74, 6) is 1.06. The molecule has 1 aromatic carbocycles. The molecule has 0 amide bonds. The Bertz CT molecular complexity index is 636. The van der Waals surface area contributed by atoms with Gasteiger partial charge in [-0.25, -0.2) is 4.98 Å². The third-order valence-corrected chi connectivity index (χ3v) is 4.45. The number of hydrogen-bond donors (Lipinski definition) is 2. The average Bonchev–Trinajstić information content (AvgIpc) is 3.15. The number of nitrogens with zero attached hydrogens (tertiary/aromatic N) is 2. The zero-order valence-electron chi connectivity index (χ0n) is 13.9. The molecule has 0 bridgehead atoms. The van der Waals surface area contributed by atoms with Gasteiger partial charge in [0.1, 0.15) is 5.82 Å². The van der Waals surface area contributed by atoms with Crippen molar-refractivity contribution in [1.29, 1.82) is 0 Å². The molecule has 0 spiro atoms. The zero-order valence-corrected chi connectivity index (χ0v) is 14.7. The van der Waals surface area contributed by atoms with Crippen LogP contribution >= 0.6 is 12.2 Å². The van der Waals surface area contributed by atoms with Gasteiger partial charge in [-0.05, 0) is 55.6 Å². The molecule has 2 heterocycles. The molecule has 1 aliphatic rings. The average molecular weight is 340 g/mol. The Morgan fingerprint density at radius 3 is 2.58 bits per heavy atom. The van der Waals surface area contributed by atoms with E-state index in [0.717, 1.165) is 44.0 Å². The summed E-state index contributed by atoms with van der Waals surface area (Å²) in [6, 6.07) is 14.6. The van der Waals surface area contributed by atoms with Gasteiger partial charge >= 0.3 is 0 Å². The Balaban J connectivity index is 1.38. The summed E-state index contributed by atoms with van der Waals surface area (Å²) in [4.78, 5) is 6.85. The van der Waals surface area contributed by atoms with E-state index in [1.807, 2.05) is 18.3 Å². The molecule has 1 saturated heterocycles. The van der Waals surface area contributed by atoms with E-state index in [9.17, 15) is 0 Å². The van der Waals surface area contributed by atoms with E-state index in [2.05, 4.69) is 50.8 Å². The van der Waals surface area contributed by atoms with Crippen molar-refractivity contribution in [2.45, 2.75) is 25.7 Å². The van der Waals surface area contributed by atoms with Gasteiger partial charge in [0, 0.05) is 19.6 Å². The standard InChI is InChI=1S/C19H24N4S/c24-19(20-12-6-9-16-7-2-1-3-8-16)22-17-10-11-18(21-15-17)23-13-4-5-14-23/h1-3,7-8,10-11,15H,4-6,9,12-14H2,(H2,20,22,24). The lowest BCUT2D eigenvalue weighted by Gasteiger charge is -2.16. The van der Waals surface area contributed by atoms with Gasteiger partial charge in [-0.15, -0.1) is 0 Å². The Morgan fingerprint density at radius 2 is 1.88 bits per heavy atom. The van der Waals surface area contributed by atoms with Crippen molar-refractivity contribution in [2.75, 3.05) is 29.9 Å². The largest absolute Gasteiger partial charge is 0.362 e. The highest BCUT2D eigenvalue weighted by atomic mass is 32.1. The molecule has 1 aromatic heterocycles. The highest BCUT2D eigenvalue weighted by molar-refractivity contribution is 7.80. The van der Waals surface area contributed by atoms with Crippen LogP contribution in [0.1, 0.15) is 24.8 Å². The number of hydrogen-bond acceptors (Lipinski definition) is 3. The number of anilines is 2. The summed E-state index contributed by atoms with van der Waals surface area (Å²) in [5.41, 5.74) is 2.29. The van der Waals surface area contributed by atoms with Crippen LogP contribution in [0, 0.1) is 0 Å². The zero-order chi connectivity index (χ0) is 16.6. The van der Waals surface area contributed by atoms with Gasteiger partial charge < -0.3 is 15.5 Å². The minimum atomic E-state index is 0.652. The highest BCUT2D eigenvalue weighted by Gasteiger charge is 2.12. The maximum atomic E-state index is 5.35. The van der Waals surface area contributed by atoms with Crippen molar-refractivity contribution in [3.8, 4) is 0 Å². The van der Waals surface area contributed by atoms with Crippen molar-refractivity contribution < 1.29 is 0 Å². The van der Waals surface area contributed by atoms with Crippen LogP contribution in [-0.2, 0) is 6.42 Å². The summed E-state index contributed by atoms with van der Waals surface area (Å²) in [5, 5.41) is 7.10. The first-order chi connectivity index (χ1) is 11.8. The fourth-order valence-electron chi connectivity index (χ4n) is 2.91. The van der Waals surface area contributed by atoms with Crippen LogP contribution < -0.4 is 15.5 Å². The Kier molecular flexibility index (Phi) is 6.01. The third kappa shape index (κ3) is 4.93. The molecule has 126 valence electrons. The SMILES string of the molecule is S=C(NCCCc1ccccc1)Nc1ccc(N2CCCC2)nc1. The molecule has 3 rings (SSSR count). The second kappa shape index (κ2) is 8.64. The Morgan fingerprint density at radius 1 is 1.08 bits per heavy atom. The molecule has 0 radical (unpaired) electrons. The van der Waals surface area contributed by atoms with E-state index in [1.165, 1.54) is 18.4 Å². The van der Waals surface area contributed by atoms with Crippen LogP contribution in [0.3, 0.4) is 0 Å². The van der Waals surface area contributed by atoms with Crippen molar-refractivity contribution in [3.05, 3.63) is 54.2 Å². The molecular formula is C19H24N4S. The molecule has 4 nitrogen and oxygen atoms in total. The lowest BCUT2D eigenvalue weighted by molar-refractivity contribution is 0.777. The predicted molar refractivity (Wildman–Crippen MR) is 105 cm³/mol. The normalized spacial score (nSPS) is 13.8. The van der Waals surface area contributed by atoms with Gasteiger partial charge in [0.2, 0.25) is 0 Å². The van der Waals surface area contributed by atoms with Crippen LogP contribution in [-0.4, -0.2) is 29.7 Å². The summed E-state index contributed by atoms with van der Waals surface area (Å²) >= 11 is 5.35. The number of aryl methyl sites for hydroxylation is 1. The van der Waals surface area contributed by atoms with E-state index in [0.29, 0.717) is 5.11 Å². The smallest absolute Gasteiger partial charge is 0.170 e. The topological polar surface area (TPSA) is 40.2 Å². The fourth-order valence-corrected chi connectivity index (χ4v) is 3.13. The van der Waals surface area contributed by atoms with Crippen molar-refractivity contribution in [3.63, 3.8) is 0 Å². The van der Waals surface area contributed by atoms with E-state index < -0.39 is 0 Å².